The second-order valence-electron chi connectivity index (χ2n) is 16.8. The molecule has 0 aromatic heterocycles. The fourth-order valence-corrected chi connectivity index (χ4v) is 9.10. The molecule has 12 heteroatoms. The van der Waals surface area contributed by atoms with Crippen LogP contribution in [0.4, 0.5) is 0 Å². The molecule has 0 amide bonds. The first kappa shape index (κ1) is 48.5. The molecule has 0 unspecified atom stereocenters. The summed E-state index contributed by atoms with van der Waals surface area (Å²) in [7, 11) is 0. The van der Waals surface area contributed by atoms with E-state index in [1.807, 2.05) is 74.5 Å². The zero-order valence-electron chi connectivity index (χ0n) is 36.8. The van der Waals surface area contributed by atoms with E-state index < -0.39 is 24.1 Å². The van der Waals surface area contributed by atoms with Gasteiger partial charge in [0.1, 0.15) is 23.7 Å². The lowest BCUT2D eigenvalue weighted by Gasteiger charge is -2.31. The summed E-state index contributed by atoms with van der Waals surface area (Å²) in [6.45, 7) is 4.56. The summed E-state index contributed by atoms with van der Waals surface area (Å²) in [6, 6.07) is 30.3. The number of ether oxygens (including phenoxy) is 4. The van der Waals surface area contributed by atoms with E-state index in [1.54, 1.807) is 24.3 Å². The maximum absolute atomic E-state index is 13.4. The Morgan fingerprint density at radius 3 is 1.42 bits per heavy atom. The summed E-state index contributed by atoms with van der Waals surface area (Å²) < 4.78 is 23.1. The number of rotatable bonds is 20. The van der Waals surface area contributed by atoms with E-state index in [-0.39, 0.29) is 35.9 Å². The van der Waals surface area contributed by atoms with Gasteiger partial charge in [-0.25, -0.2) is 9.59 Å². The topological polar surface area (TPSA) is 129 Å². The lowest BCUT2D eigenvalue weighted by atomic mass is 9.81. The van der Waals surface area contributed by atoms with Crippen LogP contribution in [-0.2, 0) is 28.7 Å². The summed E-state index contributed by atoms with van der Waals surface area (Å²) >= 11 is 12.8. The number of carbonyl (C=O) groups is 4. The van der Waals surface area contributed by atoms with Gasteiger partial charge in [-0.05, 0) is 134 Å². The summed E-state index contributed by atoms with van der Waals surface area (Å²) in [6.07, 6.45) is 10.7. The molecule has 4 aromatic carbocycles. The lowest BCUT2D eigenvalue weighted by Crippen LogP contribution is -2.37. The third-order valence-corrected chi connectivity index (χ3v) is 12.3. The van der Waals surface area contributed by atoms with Crippen molar-refractivity contribution in [3.05, 3.63) is 142 Å². The molecule has 0 aliphatic heterocycles. The van der Waals surface area contributed by atoms with Gasteiger partial charge in [0.05, 0.1) is 0 Å². The number of carbonyl (C=O) groups excluding carboxylic acids is 4. The Morgan fingerprint density at radius 1 is 0.594 bits per heavy atom. The van der Waals surface area contributed by atoms with E-state index in [2.05, 4.69) is 22.8 Å². The van der Waals surface area contributed by atoms with Crippen molar-refractivity contribution in [2.45, 2.75) is 127 Å². The number of hydrogen-bond donors (Lipinski definition) is 2. The number of halogens is 2. The molecule has 6 rings (SSSR count). The molecule has 340 valence electrons. The normalized spacial score (nSPS) is 19.6. The van der Waals surface area contributed by atoms with Gasteiger partial charge in [-0.2, -0.15) is 0 Å². The highest BCUT2D eigenvalue weighted by Crippen LogP contribution is 2.36. The molecule has 0 bridgehead atoms. The Labute approximate surface area is 387 Å². The van der Waals surface area contributed by atoms with Crippen molar-refractivity contribution in [2.24, 2.45) is 0 Å². The van der Waals surface area contributed by atoms with E-state index >= 15 is 0 Å². The summed E-state index contributed by atoms with van der Waals surface area (Å²) in [5.74, 6) is -0.191. The molecular weight excluding hydrogens is 851 g/mol. The second-order valence-corrected chi connectivity index (χ2v) is 17.7. The van der Waals surface area contributed by atoms with Gasteiger partial charge in [0.15, 0.2) is 0 Å². The smallest absolute Gasteiger partial charge is 0.331 e. The molecule has 0 radical (unpaired) electrons. The summed E-state index contributed by atoms with van der Waals surface area (Å²) in [5, 5.41) is 8.29. The van der Waals surface area contributed by atoms with E-state index in [4.69, 9.17) is 42.1 Å². The first-order valence-corrected chi connectivity index (χ1v) is 23.5. The maximum atomic E-state index is 13.4. The second kappa shape index (κ2) is 24.9. The van der Waals surface area contributed by atoms with Crippen LogP contribution in [0.15, 0.2) is 109 Å². The molecule has 2 fully saturated rings. The minimum atomic E-state index is -0.699. The van der Waals surface area contributed by atoms with Crippen molar-refractivity contribution in [3.63, 3.8) is 0 Å². The standard InChI is InChI=1S/C52H60Cl2N2O8/c1-3-11-49(57)61-45-23-9-15-37(31-45)35-13-7-21-43(29-35)55-33-47(39-17-5-19-41(53)27-39)63-51(59)25-26-52(60)64-48(40-18-6-20-42(54)28-40)34-56-44-22-8-14-36(30-44)38-16-10-24-46(32-38)62-50(58)12-4-2/h5-6,9-10,15-20,23-28,31-32,35-36,43-44,47-48,55-56H,3-4,7-8,11-14,21-22,29-30,33-34H2,1-2H3/b26-25-/t35-,36-,43-,44-,47-,48-/m1/s1. The third kappa shape index (κ3) is 15.3. The van der Waals surface area contributed by atoms with Crippen LogP contribution in [0.1, 0.15) is 137 Å². The van der Waals surface area contributed by atoms with Crippen molar-refractivity contribution in [2.75, 3.05) is 13.1 Å². The Morgan fingerprint density at radius 2 is 1.02 bits per heavy atom. The van der Waals surface area contributed by atoms with Crippen LogP contribution in [0.5, 0.6) is 11.5 Å². The molecule has 2 aliphatic rings. The van der Waals surface area contributed by atoms with Gasteiger partial charge < -0.3 is 29.6 Å². The summed E-state index contributed by atoms with van der Waals surface area (Å²) in [5.41, 5.74) is 3.70. The van der Waals surface area contributed by atoms with Crippen LogP contribution in [0.3, 0.4) is 0 Å². The average Bonchev–Trinajstić information content (AvgIpc) is 3.29. The fourth-order valence-electron chi connectivity index (χ4n) is 8.70. The zero-order chi connectivity index (χ0) is 45.3. The number of esters is 4. The largest absolute Gasteiger partial charge is 0.453 e. The van der Waals surface area contributed by atoms with E-state index in [1.165, 1.54) is 0 Å². The van der Waals surface area contributed by atoms with Gasteiger partial charge in [0.2, 0.25) is 0 Å². The van der Waals surface area contributed by atoms with Crippen LogP contribution in [0.2, 0.25) is 10.0 Å². The molecule has 4 aromatic rings. The van der Waals surface area contributed by atoms with Crippen LogP contribution in [0.25, 0.3) is 0 Å². The molecule has 10 nitrogen and oxygen atoms in total. The van der Waals surface area contributed by atoms with Crippen molar-refractivity contribution in [1.29, 1.82) is 0 Å². The molecule has 2 N–H and O–H groups in total. The van der Waals surface area contributed by atoms with Gasteiger partial charge in [0, 0.05) is 60.2 Å². The highest BCUT2D eigenvalue weighted by Gasteiger charge is 2.28. The molecule has 6 atom stereocenters. The number of nitrogens with one attached hydrogen (secondary N) is 2. The quantitative estimate of drug-likeness (QED) is 0.0502. The molecule has 0 spiro atoms. The Balaban J connectivity index is 1.05. The highest BCUT2D eigenvalue weighted by atomic mass is 35.5. The molecule has 2 saturated carbocycles. The van der Waals surface area contributed by atoms with Crippen LogP contribution in [-0.4, -0.2) is 49.1 Å². The summed E-state index contributed by atoms with van der Waals surface area (Å²) in [4.78, 5) is 51.0. The van der Waals surface area contributed by atoms with Crippen LogP contribution in [0, 0.1) is 0 Å². The van der Waals surface area contributed by atoms with Gasteiger partial charge in [0.25, 0.3) is 0 Å². The minimum Gasteiger partial charge on any atom is -0.453 e. The molecule has 0 heterocycles. The molecular formula is C52H60Cl2N2O8. The lowest BCUT2D eigenvalue weighted by molar-refractivity contribution is -0.146. The van der Waals surface area contributed by atoms with Crippen molar-refractivity contribution in [1.82, 2.24) is 10.6 Å². The molecule has 2 aliphatic carbocycles. The van der Waals surface area contributed by atoms with Gasteiger partial charge in [-0.15, -0.1) is 0 Å². The van der Waals surface area contributed by atoms with E-state index in [0.29, 0.717) is 47.5 Å². The van der Waals surface area contributed by atoms with Gasteiger partial charge >= 0.3 is 23.9 Å². The third-order valence-electron chi connectivity index (χ3n) is 11.9. The Bertz CT molecular complexity index is 2060. The average molecular weight is 912 g/mol. The predicted molar refractivity (Wildman–Crippen MR) is 250 cm³/mol. The van der Waals surface area contributed by atoms with Crippen LogP contribution >= 0.6 is 23.2 Å². The van der Waals surface area contributed by atoms with Gasteiger partial charge in [-0.1, -0.05) is 98.4 Å². The minimum absolute atomic E-state index is 0.153. The first-order chi connectivity index (χ1) is 31.0. The van der Waals surface area contributed by atoms with E-state index in [9.17, 15) is 19.2 Å². The van der Waals surface area contributed by atoms with Crippen LogP contribution < -0.4 is 20.1 Å². The number of hydrogen-bond acceptors (Lipinski definition) is 10. The predicted octanol–water partition coefficient (Wildman–Crippen LogP) is 11.5. The SMILES string of the molecule is CCCC(=O)Oc1cccc([C@@H]2CCC[C@@H](NC[C@@H](OC(=O)/C=C\C(=O)O[C@H](CN[C@@H]3CCC[C@@H](c4cccc(OC(=O)CCC)c4)C3)c3cccc(Cl)c3)c3cccc(Cl)c3)C2)c1. The molecule has 0 saturated heterocycles. The monoisotopic (exact) mass is 910 g/mol. The maximum Gasteiger partial charge on any atom is 0.331 e. The molecule has 64 heavy (non-hydrogen) atoms. The Kier molecular flexibility index (Phi) is 18.8. The highest BCUT2D eigenvalue weighted by molar-refractivity contribution is 6.30. The van der Waals surface area contributed by atoms with E-state index in [0.717, 1.165) is 98.6 Å². The first-order valence-electron chi connectivity index (χ1n) is 22.7. The fraction of sp³-hybridized carbons (Fsp3) is 0.423. The Hall–Kier alpha value is -5.00. The van der Waals surface area contributed by atoms with Crippen molar-refractivity contribution in [3.8, 4) is 11.5 Å². The zero-order valence-corrected chi connectivity index (χ0v) is 38.3. The number of benzene rings is 4. The van der Waals surface area contributed by atoms with Crippen molar-refractivity contribution >= 4 is 47.1 Å². The van der Waals surface area contributed by atoms with Crippen molar-refractivity contribution < 1.29 is 38.1 Å². The van der Waals surface area contributed by atoms with Gasteiger partial charge in [-0.3, -0.25) is 9.59 Å².